The zero-order chi connectivity index (χ0) is 23.1. The van der Waals surface area contributed by atoms with Crippen LogP contribution in [0, 0.1) is 19.7 Å². The lowest BCUT2D eigenvalue weighted by Gasteiger charge is -2.40. The number of nitrogens with one attached hydrogen (secondary N) is 1. The molecule has 0 saturated carbocycles. The molecule has 0 amide bonds. The summed E-state index contributed by atoms with van der Waals surface area (Å²) in [6, 6.07) is 4.22. The minimum Gasteiger partial charge on any atom is -0.497 e. The van der Waals surface area contributed by atoms with Crippen LogP contribution < -0.4 is 15.0 Å². The van der Waals surface area contributed by atoms with E-state index in [0.717, 1.165) is 50.1 Å². The van der Waals surface area contributed by atoms with Crippen molar-refractivity contribution in [3.8, 4) is 17.2 Å². The zero-order valence-corrected chi connectivity index (χ0v) is 19.5. The molecule has 1 N–H and O–H groups in total. The van der Waals surface area contributed by atoms with Crippen LogP contribution in [0.5, 0.6) is 5.75 Å². The van der Waals surface area contributed by atoms with Crippen molar-refractivity contribution in [1.29, 1.82) is 0 Å². The molecule has 8 nitrogen and oxygen atoms in total. The van der Waals surface area contributed by atoms with Crippen LogP contribution in [0.3, 0.4) is 0 Å². The molecule has 1 aromatic carbocycles. The molecule has 2 fully saturated rings. The number of benzene rings is 1. The first-order valence-corrected chi connectivity index (χ1v) is 11.5. The van der Waals surface area contributed by atoms with Gasteiger partial charge in [-0.3, -0.25) is 0 Å². The average Bonchev–Trinajstić information content (AvgIpc) is 3.46. The SMILES string of the molecule is COc1cc(F)c2nc(N3CC[C@@H](N[C@@H]4CCOC4)C[C@H]3C)c(-c3nc(C)no3)c(C)c2c1. The molecule has 33 heavy (non-hydrogen) atoms. The Balaban J connectivity index is 1.56. The van der Waals surface area contributed by atoms with Crippen LogP contribution in [0.2, 0.25) is 0 Å². The van der Waals surface area contributed by atoms with Gasteiger partial charge in [0.05, 0.1) is 19.3 Å². The molecular weight excluding hydrogens is 425 g/mol. The van der Waals surface area contributed by atoms with E-state index in [1.807, 2.05) is 6.92 Å². The van der Waals surface area contributed by atoms with E-state index in [9.17, 15) is 0 Å². The van der Waals surface area contributed by atoms with Crippen molar-refractivity contribution in [3.05, 3.63) is 29.3 Å². The van der Waals surface area contributed by atoms with Gasteiger partial charge >= 0.3 is 0 Å². The van der Waals surface area contributed by atoms with E-state index in [1.165, 1.54) is 13.2 Å². The van der Waals surface area contributed by atoms with Crippen LogP contribution in [0.1, 0.15) is 37.6 Å². The number of piperidine rings is 1. The van der Waals surface area contributed by atoms with Gasteiger partial charge in [0, 0.05) is 42.7 Å². The summed E-state index contributed by atoms with van der Waals surface area (Å²) >= 11 is 0. The normalized spacial score (nSPS) is 23.4. The quantitative estimate of drug-likeness (QED) is 0.622. The summed E-state index contributed by atoms with van der Waals surface area (Å²) in [5, 5.41) is 8.41. The Hall–Kier alpha value is -2.78. The summed E-state index contributed by atoms with van der Waals surface area (Å²) in [5.41, 5.74) is 1.91. The number of anilines is 1. The van der Waals surface area contributed by atoms with E-state index in [4.69, 9.17) is 19.0 Å². The zero-order valence-electron chi connectivity index (χ0n) is 19.5. The molecule has 5 rings (SSSR count). The molecule has 4 heterocycles. The lowest BCUT2D eigenvalue weighted by atomic mass is 9.95. The Labute approximate surface area is 192 Å². The predicted octanol–water partition coefficient (Wildman–Crippen LogP) is 3.79. The third-order valence-corrected chi connectivity index (χ3v) is 6.78. The molecule has 0 bridgehead atoms. The highest BCUT2D eigenvalue weighted by Gasteiger charge is 2.32. The predicted molar refractivity (Wildman–Crippen MR) is 123 cm³/mol. The minimum atomic E-state index is -0.410. The lowest BCUT2D eigenvalue weighted by molar-refractivity contribution is 0.185. The van der Waals surface area contributed by atoms with E-state index < -0.39 is 5.82 Å². The van der Waals surface area contributed by atoms with Gasteiger partial charge in [-0.15, -0.1) is 0 Å². The molecule has 0 radical (unpaired) electrons. The highest BCUT2D eigenvalue weighted by molar-refractivity contribution is 5.93. The number of hydrogen-bond acceptors (Lipinski definition) is 8. The summed E-state index contributed by atoms with van der Waals surface area (Å²) in [6.07, 6.45) is 2.99. The standard InChI is InChI=1S/C24H30FN5O3/c1-13-9-16(27-17-6-8-32-12-17)5-7-30(13)23-21(24-26-15(3)29-33-24)14(2)19-10-18(31-4)11-20(25)22(19)28-23/h10-11,13,16-17,27H,5-9,12H2,1-4H3/t13-,16-,17-/m1/s1. The third kappa shape index (κ3) is 4.15. The van der Waals surface area contributed by atoms with E-state index in [0.29, 0.717) is 46.3 Å². The number of nitrogens with zero attached hydrogens (tertiary/aromatic N) is 4. The summed E-state index contributed by atoms with van der Waals surface area (Å²) in [4.78, 5) is 11.6. The highest BCUT2D eigenvalue weighted by atomic mass is 19.1. The fourth-order valence-corrected chi connectivity index (χ4v) is 5.06. The molecule has 0 spiro atoms. The van der Waals surface area contributed by atoms with Crippen molar-refractivity contribution in [1.82, 2.24) is 20.4 Å². The summed E-state index contributed by atoms with van der Waals surface area (Å²) in [7, 11) is 1.53. The highest BCUT2D eigenvalue weighted by Crippen LogP contribution is 2.40. The molecule has 2 aliphatic rings. The second-order valence-corrected chi connectivity index (χ2v) is 9.08. The van der Waals surface area contributed by atoms with Gasteiger partial charge in [0.25, 0.3) is 5.89 Å². The van der Waals surface area contributed by atoms with Gasteiger partial charge in [-0.2, -0.15) is 4.98 Å². The van der Waals surface area contributed by atoms with Gasteiger partial charge in [0.2, 0.25) is 0 Å². The molecule has 2 saturated heterocycles. The van der Waals surface area contributed by atoms with Crippen LogP contribution >= 0.6 is 0 Å². The van der Waals surface area contributed by atoms with Crippen LogP contribution in [-0.4, -0.2) is 60.1 Å². The first-order valence-electron chi connectivity index (χ1n) is 11.5. The molecule has 3 aromatic rings. The van der Waals surface area contributed by atoms with E-state index in [1.54, 1.807) is 13.0 Å². The van der Waals surface area contributed by atoms with E-state index in [2.05, 4.69) is 27.3 Å². The molecule has 176 valence electrons. The topological polar surface area (TPSA) is 85.5 Å². The van der Waals surface area contributed by atoms with Crippen molar-refractivity contribution in [2.45, 2.75) is 58.2 Å². The Morgan fingerprint density at radius 2 is 2.03 bits per heavy atom. The van der Waals surface area contributed by atoms with Gasteiger partial charge in [0.15, 0.2) is 11.6 Å². The van der Waals surface area contributed by atoms with Crippen molar-refractivity contribution < 1.29 is 18.4 Å². The summed E-state index contributed by atoms with van der Waals surface area (Å²) < 4.78 is 31.4. The third-order valence-electron chi connectivity index (χ3n) is 6.78. The maximum absolute atomic E-state index is 15.1. The Morgan fingerprint density at radius 1 is 1.18 bits per heavy atom. The van der Waals surface area contributed by atoms with Crippen LogP contribution in [0.4, 0.5) is 10.2 Å². The molecule has 0 aliphatic carbocycles. The molecule has 9 heteroatoms. The first-order chi connectivity index (χ1) is 15.9. The van der Waals surface area contributed by atoms with Crippen LogP contribution in [0.25, 0.3) is 22.4 Å². The van der Waals surface area contributed by atoms with E-state index in [-0.39, 0.29) is 6.04 Å². The second kappa shape index (κ2) is 8.87. The minimum absolute atomic E-state index is 0.201. The Bertz CT molecular complexity index is 1160. The molecule has 0 unspecified atom stereocenters. The van der Waals surface area contributed by atoms with E-state index >= 15 is 4.39 Å². The smallest absolute Gasteiger partial charge is 0.261 e. The number of aromatic nitrogens is 3. The number of halogens is 1. The van der Waals surface area contributed by atoms with Crippen molar-refractivity contribution in [2.24, 2.45) is 0 Å². The van der Waals surface area contributed by atoms with Gasteiger partial charge in [-0.1, -0.05) is 5.16 Å². The Kier molecular flexibility index (Phi) is 5.92. The number of rotatable bonds is 5. The number of pyridine rings is 1. The monoisotopic (exact) mass is 455 g/mol. The molecule has 2 aromatic heterocycles. The fourth-order valence-electron chi connectivity index (χ4n) is 5.06. The maximum Gasteiger partial charge on any atom is 0.261 e. The van der Waals surface area contributed by atoms with Gasteiger partial charge in [0.1, 0.15) is 17.1 Å². The van der Waals surface area contributed by atoms with Crippen molar-refractivity contribution in [2.75, 3.05) is 31.8 Å². The van der Waals surface area contributed by atoms with Gasteiger partial charge < -0.3 is 24.2 Å². The average molecular weight is 456 g/mol. The van der Waals surface area contributed by atoms with Crippen molar-refractivity contribution >= 4 is 16.7 Å². The Morgan fingerprint density at radius 3 is 2.70 bits per heavy atom. The van der Waals surface area contributed by atoms with Crippen LogP contribution in [0.15, 0.2) is 16.7 Å². The maximum atomic E-state index is 15.1. The number of aryl methyl sites for hydroxylation is 2. The largest absolute Gasteiger partial charge is 0.497 e. The number of fused-ring (bicyclic) bond motifs is 1. The van der Waals surface area contributed by atoms with Gasteiger partial charge in [-0.25, -0.2) is 9.37 Å². The van der Waals surface area contributed by atoms with Crippen LogP contribution in [-0.2, 0) is 4.74 Å². The number of methoxy groups -OCH3 is 1. The number of ether oxygens (including phenoxy) is 2. The molecular formula is C24H30FN5O3. The fraction of sp³-hybridized carbons (Fsp3) is 0.542. The first kappa shape index (κ1) is 22.0. The number of hydrogen-bond donors (Lipinski definition) is 1. The molecule has 2 aliphatic heterocycles. The van der Waals surface area contributed by atoms with Gasteiger partial charge in [-0.05, 0) is 51.7 Å². The summed E-state index contributed by atoms with van der Waals surface area (Å²) in [6.45, 7) is 8.32. The van der Waals surface area contributed by atoms with Crippen molar-refractivity contribution in [3.63, 3.8) is 0 Å². The second-order valence-electron chi connectivity index (χ2n) is 9.08. The summed E-state index contributed by atoms with van der Waals surface area (Å²) in [5.74, 6) is 1.66. The lowest BCUT2D eigenvalue weighted by Crippen LogP contribution is -2.50. The molecule has 3 atom stereocenters.